The molecule has 14 heavy (non-hydrogen) atoms. The molecule has 0 aliphatic heterocycles. The molecule has 2 aromatic rings. The van der Waals surface area contributed by atoms with Gasteiger partial charge in [0.25, 0.3) is 0 Å². The zero-order valence-corrected chi connectivity index (χ0v) is 9.22. The molecule has 0 aliphatic carbocycles. The predicted molar refractivity (Wildman–Crippen MR) is 57.7 cm³/mol. The molecule has 2 nitrogen and oxygen atoms in total. The second-order valence-corrected chi connectivity index (χ2v) is 4.83. The minimum atomic E-state index is 0.0778. The third-order valence-electron chi connectivity index (χ3n) is 2.29. The van der Waals surface area contributed by atoms with Crippen LogP contribution in [0.4, 0.5) is 0 Å². The van der Waals surface area contributed by atoms with Crippen molar-refractivity contribution < 1.29 is 4.52 Å². The van der Waals surface area contributed by atoms with Gasteiger partial charge in [-0.1, -0.05) is 43.6 Å². The Balaban J connectivity index is 2.80. The van der Waals surface area contributed by atoms with Crippen LogP contribution in [-0.2, 0) is 5.41 Å². The Hall–Kier alpha value is -1.02. The Morgan fingerprint density at radius 1 is 1.29 bits per heavy atom. The van der Waals surface area contributed by atoms with Crippen LogP contribution in [0.3, 0.4) is 0 Å². The first-order valence-corrected chi connectivity index (χ1v) is 4.91. The summed E-state index contributed by atoms with van der Waals surface area (Å²) in [6, 6.07) is 3.90. The van der Waals surface area contributed by atoms with Gasteiger partial charge in [-0.25, -0.2) is 0 Å². The Bertz CT molecular complexity index is 468. The summed E-state index contributed by atoms with van der Waals surface area (Å²) in [6.07, 6.45) is 1.65. The van der Waals surface area contributed by atoms with E-state index in [-0.39, 0.29) is 5.41 Å². The summed E-state index contributed by atoms with van der Waals surface area (Å²) < 4.78 is 4.95. The molecule has 3 heteroatoms. The molecule has 0 aliphatic rings. The molecule has 1 aromatic carbocycles. The van der Waals surface area contributed by atoms with Crippen molar-refractivity contribution in [3.05, 3.63) is 29.0 Å². The highest BCUT2D eigenvalue weighted by Gasteiger charge is 2.19. The molecule has 0 saturated heterocycles. The van der Waals surface area contributed by atoms with Crippen molar-refractivity contribution in [2.45, 2.75) is 26.2 Å². The van der Waals surface area contributed by atoms with E-state index in [1.54, 1.807) is 6.26 Å². The van der Waals surface area contributed by atoms with Gasteiger partial charge in [-0.3, -0.25) is 0 Å². The first-order chi connectivity index (χ1) is 6.50. The number of rotatable bonds is 0. The quantitative estimate of drug-likeness (QED) is 0.660. The fourth-order valence-electron chi connectivity index (χ4n) is 1.58. The summed E-state index contributed by atoms with van der Waals surface area (Å²) in [5, 5.41) is 5.53. The maximum absolute atomic E-state index is 6.00. The van der Waals surface area contributed by atoms with Crippen LogP contribution >= 0.6 is 11.6 Å². The van der Waals surface area contributed by atoms with Crippen LogP contribution in [0.15, 0.2) is 22.9 Å². The normalized spacial score (nSPS) is 12.3. The van der Waals surface area contributed by atoms with Gasteiger partial charge in [0.1, 0.15) is 11.8 Å². The molecule has 0 fully saturated rings. The van der Waals surface area contributed by atoms with E-state index in [0.29, 0.717) is 5.02 Å². The second-order valence-electron chi connectivity index (χ2n) is 4.42. The van der Waals surface area contributed by atoms with Crippen LogP contribution in [0.1, 0.15) is 26.3 Å². The molecule has 0 unspecified atom stereocenters. The van der Waals surface area contributed by atoms with Crippen molar-refractivity contribution in [1.82, 2.24) is 5.16 Å². The van der Waals surface area contributed by atoms with Crippen molar-refractivity contribution in [2.24, 2.45) is 0 Å². The Kier molecular flexibility index (Phi) is 2.04. The standard InChI is InChI=1S/C11H12ClNO/c1-11(2,3)8-4-5-9(12)10-7(8)6-14-13-10/h4-6H,1-3H3. The largest absolute Gasteiger partial charge is 0.363 e. The van der Waals surface area contributed by atoms with E-state index >= 15 is 0 Å². The second kappa shape index (κ2) is 2.99. The van der Waals surface area contributed by atoms with Crippen molar-refractivity contribution in [1.29, 1.82) is 0 Å². The van der Waals surface area contributed by atoms with Crippen molar-refractivity contribution in [2.75, 3.05) is 0 Å². The highest BCUT2D eigenvalue weighted by molar-refractivity contribution is 6.35. The number of aromatic nitrogens is 1. The molecule has 74 valence electrons. The molecule has 0 N–H and O–H groups in total. The lowest BCUT2D eigenvalue weighted by molar-refractivity contribution is 0.428. The maximum Gasteiger partial charge on any atom is 0.132 e. The van der Waals surface area contributed by atoms with Gasteiger partial charge in [0.15, 0.2) is 0 Å². The zero-order chi connectivity index (χ0) is 10.3. The van der Waals surface area contributed by atoms with Crippen LogP contribution in [0, 0.1) is 0 Å². The van der Waals surface area contributed by atoms with E-state index in [4.69, 9.17) is 16.1 Å². The van der Waals surface area contributed by atoms with Crippen LogP contribution < -0.4 is 0 Å². The van der Waals surface area contributed by atoms with Gasteiger partial charge in [0.2, 0.25) is 0 Å². The van der Waals surface area contributed by atoms with E-state index in [0.717, 1.165) is 10.9 Å². The Morgan fingerprint density at radius 2 is 2.00 bits per heavy atom. The maximum atomic E-state index is 6.00. The summed E-state index contributed by atoms with van der Waals surface area (Å²) in [7, 11) is 0. The molecule has 0 bridgehead atoms. The number of nitrogens with zero attached hydrogens (tertiary/aromatic N) is 1. The lowest BCUT2D eigenvalue weighted by atomic mass is 9.85. The molecule has 1 heterocycles. The average Bonchev–Trinajstić information content (AvgIpc) is 2.50. The molecule has 0 atom stereocenters. The summed E-state index contributed by atoms with van der Waals surface area (Å²) in [6.45, 7) is 6.47. The van der Waals surface area contributed by atoms with E-state index < -0.39 is 0 Å². The van der Waals surface area contributed by atoms with Crippen LogP contribution in [0.2, 0.25) is 5.02 Å². The minimum absolute atomic E-state index is 0.0778. The molecular formula is C11H12ClNO. The first kappa shape index (κ1) is 9.53. The number of hydrogen-bond acceptors (Lipinski definition) is 2. The predicted octanol–water partition coefficient (Wildman–Crippen LogP) is 3.78. The van der Waals surface area contributed by atoms with Gasteiger partial charge in [0.05, 0.1) is 5.02 Å². The van der Waals surface area contributed by atoms with Gasteiger partial charge in [0, 0.05) is 5.39 Å². The van der Waals surface area contributed by atoms with Crippen molar-refractivity contribution in [3.63, 3.8) is 0 Å². The van der Waals surface area contributed by atoms with Crippen LogP contribution in [0.25, 0.3) is 10.9 Å². The number of halogens is 1. The van der Waals surface area contributed by atoms with Gasteiger partial charge >= 0.3 is 0 Å². The lowest BCUT2D eigenvalue weighted by Crippen LogP contribution is -2.11. The van der Waals surface area contributed by atoms with Gasteiger partial charge in [-0.05, 0) is 17.0 Å². The lowest BCUT2D eigenvalue weighted by Gasteiger charge is -2.19. The highest BCUT2D eigenvalue weighted by atomic mass is 35.5. The van der Waals surface area contributed by atoms with Gasteiger partial charge in [-0.2, -0.15) is 0 Å². The number of fused-ring (bicyclic) bond motifs is 1. The molecule has 0 spiro atoms. The van der Waals surface area contributed by atoms with E-state index in [1.807, 2.05) is 12.1 Å². The molecular weight excluding hydrogens is 198 g/mol. The van der Waals surface area contributed by atoms with Crippen molar-refractivity contribution >= 4 is 22.5 Å². The van der Waals surface area contributed by atoms with E-state index in [1.165, 1.54) is 5.56 Å². The number of hydrogen-bond donors (Lipinski definition) is 0. The highest BCUT2D eigenvalue weighted by Crippen LogP contribution is 2.32. The fourth-order valence-corrected chi connectivity index (χ4v) is 1.78. The summed E-state index contributed by atoms with van der Waals surface area (Å²) in [4.78, 5) is 0. The summed E-state index contributed by atoms with van der Waals surface area (Å²) >= 11 is 6.00. The summed E-state index contributed by atoms with van der Waals surface area (Å²) in [5.74, 6) is 0. The van der Waals surface area contributed by atoms with Gasteiger partial charge in [-0.15, -0.1) is 0 Å². The summed E-state index contributed by atoms with van der Waals surface area (Å²) in [5.41, 5.74) is 2.03. The smallest absolute Gasteiger partial charge is 0.132 e. The third-order valence-corrected chi connectivity index (χ3v) is 2.60. The van der Waals surface area contributed by atoms with E-state index in [2.05, 4.69) is 25.9 Å². The first-order valence-electron chi connectivity index (χ1n) is 4.53. The van der Waals surface area contributed by atoms with Crippen LogP contribution in [0.5, 0.6) is 0 Å². The zero-order valence-electron chi connectivity index (χ0n) is 8.47. The topological polar surface area (TPSA) is 26.0 Å². The molecule has 1 aromatic heterocycles. The monoisotopic (exact) mass is 209 g/mol. The van der Waals surface area contributed by atoms with Gasteiger partial charge < -0.3 is 4.52 Å². The molecule has 0 saturated carbocycles. The fraction of sp³-hybridized carbons (Fsp3) is 0.364. The molecule has 0 amide bonds. The Labute approximate surface area is 87.8 Å². The minimum Gasteiger partial charge on any atom is -0.363 e. The SMILES string of the molecule is CC(C)(C)c1ccc(Cl)c2nocc12. The van der Waals surface area contributed by atoms with E-state index in [9.17, 15) is 0 Å². The van der Waals surface area contributed by atoms with Crippen molar-refractivity contribution in [3.8, 4) is 0 Å². The molecule has 0 radical (unpaired) electrons. The van der Waals surface area contributed by atoms with Crippen LogP contribution in [-0.4, -0.2) is 5.16 Å². The molecule has 2 rings (SSSR count). The number of benzene rings is 1. The third kappa shape index (κ3) is 1.40. The average molecular weight is 210 g/mol. The Morgan fingerprint density at radius 3 is 2.64 bits per heavy atom.